The van der Waals surface area contributed by atoms with E-state index in [0.717, 1.165) is 11.6 Å². The zero-order chi connectivity index (χ0) is 16.8. The Kier molecular flexibility index (Phi) is 6.83. The second-order valence-corrected chi connectivity index (χ2v) is 10.7. The maximum atomic E-state index is 11.1. The lowest BCUT2D eigenvalue weighted by Crippen LogP contribution is -2.32. The predicted octanol–water partition coefficient (Wildman–Crippen LogP) is 3.67. The van der Waals surface area contributed by atoms with Crippen LogP contribution in [0.5, 0.6) is 0 Å². The van der Waals surface area contributed by atoms with Gasteiger partial charge in [0.1, 0.15) is 0 Å². The van der Waals surface area contributed by atoms with Crippen molar-refractivity contribution in [3.05, 3.63) is 39.6 Å². The van der Waals surface area contributed by atoms with Crippen LogP contribution in [0.25, 0.3) is 6.08 Å². The average molecular weight is 323 g/mol. The van der Waals surface area contributed by atoms with Crippen LogP contribution in [0.4, 0.5) is 0 Å². The number of rotatable bonds is 8. The molecular formula is C15H25N3O3Si. The van der Waals surface area contributed by atoms with Crippen molar-refractivity contribution >= 4 is 14.4 Å². The lowest BCUT2D eigenvalue weighted by molar-refractivity contribution is -0.426. The van der Waals surface area contributed by atoms with Crippen molar-refractivity contribution in [3.8, 4) is 0 Å². The van der Waals surface area contributed by atoms with Crippen molar-refractivity contribution < 1.29 is 9.35 Å². The molecule has 0 saturated heterocycles. The van der Waals surface area contributed by atoms with Gasteiger partial charge in [-0.25, -0.2) is 9.97 Å². The fourth-order valence-corrected chi connectivity index (χ4v) is 5.06. The van der Waals surface area contributed by atoms with E-state index in [4.69, 9.17) is 4.43 Å². The van der Waals surface area contributed by atoms with E-state index in [1.54, 1.807) is 12.4 Å². The molecule has 0 saturated carbocycles. The fourth-order valence-electron chi connectivity index (χ4n) is 2.32. The Morgan fingerprint density at radius 3 is 2.50 bits per heavy atom. The lowest BCUT2D eigenvalue weighted by Gasteiger charge is -2.24. The number of aromatic nitrogens is 2. The molecule has 122 valence electrons. The van der Waals surface area contributed by atoms with Crippen molar-refractivity contribution in [1.29, 1.82) is 0 Å². The molecule has 0 spiro atoms. The van der Waals surface area contributed by atoms with Gasteiger partial charge in [0.05, 0.1) is 17.4 Å². The molecule has 0 aliphatic carbocycles. The first-order valence-corrected chi connectivity index (χ1v) is 10.6. The quantitative estimate of drug-likeness (QED) is 0.414. The van der Waals surface area contributed by atoms with Crippen molar-refractivity contribution in [3.63, 3.8) is 0 Å². The summed E-state index contributed by atoms with van der Waals surface area (Å²) in [5, 5.41) is 11.1. The summed E-state index contributed by atoms with van der Waals surface area (Å²) in [6, 6.07) is 1.05. The highest BCUT2D eigenvalue weighted by atomic mass is 28.4. The minimum Gasteiger partial charge on any atom is -0.417 e. The molecule has 22 heavy (non-hydrogen) atoms. The molecule has 0 bridgehead atoms. The summed E-state index contributed by atoms with van der Waals surface area (Å²) in [5.74, 6) is 0.934. The molecule has 1 heterocycles. The molecule has 0 aromatic carbocycles. The van der Waals surface area contributed by atoms with Crippen LogP contribution in [-0.2, 0) is 4.43 Å². The van der Waals surface area contributed by atoms with Crippen molar-refractivity contribution in [2.24, 2.45) is 5.92 Å². The van der Waals surface area contributed by atoms with E-state index >= 15 is 0 Å². The third kappa shape index (κ3) is 6.90. The number of hydrogen-bond acceptors (Lipinski definition) is 5. The summed E-state index contributed by atoms with van der Waals surface area (Å²) < 4.78 is 5.93. The van der Waals surface area contributed by atoms with Crippen LogP contribution in [0.3, 0.4) is 0 Å². The Balaban J connectivity index is 2.66. The summed E-state index contributed by atoms with van der Waals surface area (Å²) in [6.45, 7) is 10.9. The summed E-state index contributed by atoms with van der Waals surface area (Å²) in [4.78, 5) is 18.9. The van der Waals surface area contributed by atoms with E-state index in [1.165, 1.54) is 6.08 Å². The molecule has 6 nitrogen and oxygen atoms in total. The second-order valence-electron chi connectivity index (χ2n) is 6.47. The maximum absolute atomic E-state index is 11.1. The van der Waals surface area contributed by atoms with Gasteiger partial charge in [-0.05, 0) is 37.5 Å². The topological polar surface area (TPSA) is 78.2 Å². The Morgan fingerprint density at radius 1 is 1.41 bits per heavy atom. The van der Waals surface area contributed by atoms with Crippen molar-refractivity contribution in [2.45, 2.75) is 46.3 Å². The second kappa shape index (κ2) is 8.14. The highest BCUT2D eigenvalue weighted by molar-refractivity contribution is 6.71. The highest BCUT2D eigenvalue weighted by Gasteiger charge is 2.24. The zero-order valence-electron chi connectivity index (χ0n) is 14.0. The fraction of sp³-hybridized carbons (Fsp3) is 0.600. The Bertz CT molecular complexity index is 527. The summed E-state index contributed by atoms with van der Waals surface area (Å²) in [5.41, 5.74) is 1.00. The molecule has 7 heteroatoms. The molecule has 1 rings (SSSR count). The van der Waals surface area contributed by atoms with Crippen LogP contribution in [0.1, 0.15) is 31.7 Å². The van der Waals surface area contributed by atoms with Crippen molar-refractivity contribution in [2.75, 3.05) is 6.61 Å². The van der Waals surface area contributed by atoms with Gasteiger partial charge in [-0.1, -0.05) is 13.8 Å². The minimum absolute atomic E-state index is 0.0817. The smallest absolute Gasteiger partial charge is 0.252 e. The van der Waals surface area contributed by atoms with Gasteiger partial charge >= 0.3 is 0 Å². The molecular weight excluding hydrogens is 298 g/mol. The molecule has 0 unspecified atom stereocenters. The molecule has 0 aliphatic heterocycles. The van der Waals surface area contributed by atoms with Gasteiger partial charge in [-0.2, -0.15) is 0 Å². The zero-order valence-corrected chi connectivity index (χ0v) is 15.0. The third-order valence-corrected chi connectivity index (χ3v) is 5.87. The first-order chi connectivity index (χ1) is 10.2. The summed E-state index contributed by atoms with van der Waals surface area (Å²) >= 11 is 0. The van der Waals surface area contributed by atoms with Gasteiger partial charge in [0.25, 0.3) is 5.70 Å². The Morgan fingerprint density at radius 2 is 2.00 bits per heavy atom. The summed E-state index contributed by atoms with van der Waals surface area (Å²) in [6.07, 6.45) is 4.97. The van der Waals surface area contributed by atoms with E-state index in [1.807, 2.05) is 6.92 Å². The normalized spacial score (nSPS) is 12.7. The van der Waals surface area contributed by atoms with Crippen LogP contribution in [0, 0.1) is 23.0 Å². The number of aryl methyl sites for hydroxylation is 1. The van der Waals surface area contributed by atoms with E-state index in [2.05, 4.69) is 36.9 Å². The van der Waals surface area contributed by atoms with Gasteiger partial charge in [0.2, 0.25) is 0 Å². The van der Waals surface area contributed by atoms with Crippen LogP contribution in [-0.4, -0.2) is 29.8 Å². The molecule has 0 fully saturated rings. The molecule has 0 radical (unpaired) electrons. The molecule has 1 aromatic rings. The molecule has 0 N–H and O–H groups in total. The van der Waals surface area contributed by atoms with Crippen LogP contribution in [0.2, 0.25) is 19.1 Å². The number of hydrogen-bond donors (Lipinski definition) is 0. The molecule has 0 amide bonds. The van der Waals surface area contributed by atoms with E-state index < -0.39 is 8.32 Å². The third-order valence-electron chi connectivity index (χ3n) is 3.08. The molecule has 0 atom stereocenters. The van der Waals surface area contributed by atoms with Gasteiger partial charge in [0, 0.05) is 19.0 Å². The van der Waals surface area contributed by atoms with Crippen molar-refractivity contribution in [1.82, 2.24) is 9.97 Å². The maximum Gasteiger partial charge on any atom is 0.252 e. The largest absolute Gasteiger partial charge is 0.417 e. The summed E-state index contributed by atoms with van der Waals surface area (Å²) in [7, 11) is -1.75. The van der Waals surface area contributed by atoms with Gasteiger partial charge in [0.15, 0.2) is 14.1 Å². The first-order valence-electron chi connectivity index (χ1n) is 7.47. The van der Waals surface area contributed by atoms with Gasteiger partial charge in [-0.3, -0.25) is 10.1 Å². The Labute approximate surface area is 132 Å². The SMILES string of the molecule is Cc1cnc(C=C(CCO[Si](C)(C)CC(C)C)[N+](=O)[O-])nc1. The Hall–Kier alpha value is -1.60. The first kappa shape index (κ1) is 18.4. The van der Waals surface area contributed by atoms with E-state index in [-0.39, 0.29) is 17.0 Å². The highest BCUT2D eigenvalue weighted by Crippen LogP contribution is 2.19. The van der Waals surface area contributed by atoms with E-state index in [9.17, 15) is 10.1 Å². The molecule has 1 aromatic heterocycles. The number of nitro groups is 1. The standard InChI is InChI=1S/C15H25N3O3Si/c1-12(2)11-22(4,5)21-7-6-14(18(19)20)8-15-16-9-13(3)10-17-15/h8-10,12H,6-7,11H2,1-5H3. The number of nitrogens with zero attached hydrogens (tertiary/aromatic N) is 3. The van der Waals surface area contributed by atoms with Crippen LogP contribution in [0.15, 0.2) is 18.1 Å². The average Bonchev–Trinajstić information content (AvgIpc) is 2.38. The van der Waals surface area contributed by atoms with E-state index in [0.29, 0.717) is 18.3 Å². The van der Waals surface area contributed by atoms with Gasteiger partial charge in [-0.15, -0.1) is 0 Å². The predicted molar refractivity (Wildman–Crippen MR) is 89.4 cm³/mol. The van der Waals surface area contributed by atoms with Crippen LogP contribution < -0.4 is 0 Å². The minimum atomic E-state index is -1.75. The van der Waals surface area contributed by atoms with Gasteiger partial charge < -0.3 is 4.43 Å². The molecule has 0 aliphatic rings. The lowest BCUT2D eigenvalue weighted by atomic mass is 10.3. The van der Waals surface area contributed by atoms with Crippen LogP contribution >= 0.6 is 0 Å². The monoisotopic (exact) mass is 323 g/mol.